The van der Waals surface area contributed by atoms with Crippen LogP contribution in [0.2, 0.25) is 0 Å². The Morgan fingerprint density at radius 3 is 2.25 bits per heavy atom. The summed E-state index contributed by atoms with van der Waals surface area (Å²) in [5, 5.41) is 0.200. The summed E-state index contributed by atoms with van der Waals surface area (Å²) in [4.78, 5) is 16.4. The molecule has 138 valence electrons. The Hall–Kier alpha value is -3.36. The van der Waals surface area contributed by atoms with E-state index in [1.807, 2.05) is 6.07 Å². The first-order valence-corrected chi connectivity index (χ1v) is 9.44. The van der Waals surface area contributed by atoms with Gasteiger partial charge in [-0.1, -0.05) is 24.3 Å². The summed E-state index contributed by atoms with van der Waals surface area (Å²) >= 11 is -1.59. The van der Waals surface area contributed by atoms with E-state index < -0.39 is 17.0 Å². The van der Waals surface area contributed by atoms with Crippen LogP contribution in [0.5, 0.6) is 0 Å². The van der Waals surface area contributed by atoms with E-state index in [1.165, 1.54) is 30.9 Å². The van der Waals surface area contributed by atoms with Gasteiger partial charge < -0.3 is 10.3 Å². The van der Waals surface area contributed by atoms with Gasteiger partial charge in [-0.05, 0) is 29.8 Å². The maximum Gasteiger partial charge on any atom is 0.348 e. The third-order valence-electron chi connectivity index (χ3n) is 4.06. The van der Waals surface area contributed by atoms with Crippen LogP contribution in [0.25, 0.3) is 22.3 Å². The van der Waals surface area contributed by atoms with E-state index in [0.29, 0.717) is 27.1 Å². The Bertz CT molecular complexity index is 1110. The lowest BCUT2D eigenvalue weighted by molar-refractivity contribution is 0.586. The van der Waals surface area contributed by atoms with Crippen molar-refractivity contribution in [3.05, 3.63) is 79.1 Å². The van der Waals surface area contributed by atoms with E-state index in [4.69, 9.17) is 5.73 Å². The van der Waals surface area contributed by atoms with Gasteiger partial charge in [0.05, 0.1) is 11.2 Å². The molecule has 0 amide bonds. The zero-order chi connectivity index (χ0) is 19.5. The van der Waals surface area contributed by atoms with Crippen LogP contribution < -0.4 is 5.73 Å². The Morgan fingerprint density at radius 1 is 0.821 bits per heavy atom. The number of nitrogens with two attached hydrogens (primary N) is 1. The molecule has 4 rings (SSSR count). The summed E-state index contributed by atoms with van der Waals surface area (Å²) in [5.74, 6) is -0.317. The van der Waals surface area contributed by atoms with Crippen LogP contribution in [0.1, 0.15) is 0 Å². The van der Waals surface area contributed by atoms with Gasteiger partial charge in [-0.15, -0.1) is 0 Å². The second kappa shape index (κ2) is 7.71. The van der Waals surface area contributed by atoms with Crippen molar-refractivity contribution >= 4 is 17.1 Å². The lowest BCUT2D eigenvalue weighted by Crippen LogP contribution is -2.08. The van der Waals surface area contributed by atoms with Crippen molar-refractivity contribution in [2.75, 3.05) is 5.73 Å². The summed E-state index contributed by atoms with van der Waals surface area (Å²) in [6.07, 6.45) is 6.00. The summed E-state index contributed by atoms with van der Waals surface area (Å²) in [6.45, 7) is 0. The normalized spacial score (nSPS) is 11.9. The molecule has 0 aliphatic carbocycles. The van der Waals surface area contributed by atoms with Gasteiger partial charge in [0.15, 0.2) is 4.90 Å². The smallest absolute Gasteiger partial charge is 0.348 e. The van der Waals surface area contributed by atoms with Gasteiger partial charge in [0.25, 0.3) is 0 Å². The zero-order valence-corrected chi connectivity index (χ0v) is 15.3. The fourth-order valence-corrected chi connectivity index (χ4v) is 3.84. The van der Waals surface area contributed by atoms with Crippen LogP contribution in [-0.2, 0) is 11.2 Å². The average molecular weight is 391 g/mol. The Morgan fingerprint density at radius 2 is 1.54 bits per heavy atom. The van der Waals surface area contributed by atoms with Crippen LogP contribution in [0.15, 0.2) is 83.4 Å². The van der Waals surface area contributed by atoms with E-state index in [2.05, 4.69) is 19.9 Å². The first kappa shape index (κ1) is 18.0. The quantitative estimate of drug-likeness (QED) is 0.422. The second-order valence-electron chi connectivity index (χ2n) is 5.82. The lowest BCUT2D eigenvalue weighted by atomic mass is 10.0. The minimum Gasteiger partial charge on any atom is -0.604 e. The summed E-state index contributed by atoms with van der Waals surface area (Å²) in [6, 6.07) is 13.5. The molecular weight excluding hydrogens is 377 g/mol. The molecule has 1 unspecified atom stereocenters. The molecule has 2 N–H and O–H groups in total. The van der Waals surface area contributed by atoms with Crippen molar-refractivity contribution in [3.63, 3.8) is 0 Å². The third-order valence-corrected chi connectivity index (χ3v) is 5.36. The predicted molar refractivity (Wildman–Crippen MR) is 104 cm³/mol. The molecule has 0 aliphatic rings. The molecule has 0 spiro atoms. The molecule has 0 fully saturated rings. The number of aromatic nitrogens is 4. The minimum absolute atomic E-state index is 0.125. The number of benzene rings is 2. The monoisotopic (exact) mass is 391 g/mol. The van der Waals surface area contributed by atoms with Crippen molar-refractivity contribution < 1.29 is 8.94 Å². The van der Waals surface area contributed by atoms with Crippen LogP contribution in [0, 0.1) is 5.82 Å². The standard InChI is InChI=1S/C20H14FN5OS/c21-17-10-13(6-7-15(17)14-11-25-19(22)26-12-14)16-4-1-2-5-18(16)28(27)20-23-8-3-9-24-20/h1-12H,(H2,22,25,26). The van der Waals surface area contributed by atoms with E-state index in [1.54, 1.807) is 36.4 Å². The van der Waals surface area contributed by atoms with Gasteiger partial charge in [-0.3, -0.25) is 0 Å². The first-order chi connectivity index (χ1) is 13.6. The van der Waals surface area contributed by atoms with Gasteiger partial charge in [0.1, 0.15) is 5.82 Å². The van der Waals surface area contributed by atoms with Crippen LogP contribution in [0.4, 0.5) is 10.3 Å². The Balaban J connectivity index is 1.74. The molecule has 1 atom stereocenters. The molecule has 28 heavy (non-hydrogen) atoms. The van der Waals surface area contributed by atoms with E-state index in [-0.39, 0.29) is 11.1 Å². The minimum atomic E-state index is -1.59. The van der Waals surface area contributed by atoms with Crippen molar-refractivity contribution in [2.24, 2.45) is 0 Å². The SMILES string of the molecule is Nc1ncc(-c2ccc(-c3ccccc3[S+]([O-])c3ncccn3)cc2F)cn1. The summed E-state index contributed by atoms with van der Waals surface area (Å²) in [7, 11) is 0. The molecule has 4 aromatic rings. The Kier molecular flexibility index (Phi) is 4.96. The maximum atomic E-state index is 14.8. The topological polar surface area (TPSA) is 101 Å². The average Bonchev–Trinajstić information content (AvgIpc) is 2.74. The van der Waals surface area contributed by atoms with Crippen LogP contribution >= 0.6 is 0 Å². The molecule has 0 bridgehead atoms. The van der Waals surface area contributed by atoms with E-state index >= 15 is 0 Å². The summed E-state index contributed by atoms with van der Waals surface area (Å²) in [5.41, 5.74) is 7.60. The van der Waals surface area contributed by atoms with E-state index in [9.17, 15) is 8.94 Å². The van der Waals surface area contributed by atoms with Gasteiger partial charge in [0, 0.05) is 41.5 Å². The van der Waals surface area contributed by atoms with E-state index in [0.717, 1.165) is 0 Å². The number of nitrogens with zero attached hydrogens (tertiary/aromatic N) is 4. The van der Waals surface area contributed by atoms with Crippen LogP contribution in [0.3, 0.4) is 0 Å². The van der Waals surface area contributed by atoms with Gasteiger partial charge in [0.2, 0.25) is 5.95 Å². The molecule has 0 saturated heterocycles. The fourth-order valence-electron chi connectivity index (χ4n) is 2.74. The highest BCUT2D eigenvalue weighted by atomic mass is 32.2. The number of nitrogen functional groups attached to an aromatic ring is 1. The van der Waals surface area contributed by atoms with Crippen molar-refractivity contribution in [1.82, 2.24) is 19.9 Å². The molecule has 6 nitrogen and oxygen atoms in total. The molecule has 2 aromatic carbocycles. The largest absolute Gasteiger partial charge is 0.604 e. The molecule has 0 radical (unpaired) electrons. The van der Waals surface area contributed by atoms with Gasteiger partial charge >= 0.3 is 5.16 Å². The van der Waals surface area contributed by atoms with Crippen LogP contribution in [-0.4, -0.2) is 24.5 Å². The first-order valence-electron chi connectivity index (χ1n) is 8.29. The Labute approximate surface area is 163 Å². The maximum absolute atomic E-state index is 14.8. The number of hydrogen-bond donors (Lipinski definition) is 1. The van der Waals surface area contributed by atoms with Gasteiger partial charge in [-0.25, -0.2) is 14.4 Å². The van der Waals surface area contributed by atoms with Crippen molar-refractivity contribution in [1.29, 1.82) is 0 Å². The molecule has 8 heteroatoms. The van der Waals surface area contributed by atoms with Crippen molar-refractivity contribution in [3.8, 4) is 22.3 Å². The molecule has 2 aromatic heterocycles. The highest BCUT2D eigenvalue weighted by Gasteiger charge is 2.23. The predicted octanol–water partition coefficient (Wildman–Crippen LogP) is 3.49. The summed E-state index contributed by atoms with van der Waals surface area (Å²) < 4.78 is 27.7. The zero-order valence-electron chi connectivity index (χ0n) is 14.5. The number of hydrogen-bond acceptors (Lipinski definition) is 6. The van der Waals surface area contributed by atoms with Gasteiger partial charge in [-0.2, -0.15) is 9.97 Å². The highest BCUT2D eigenvalue weighted by Crippen LogP contribution is 2.33. The molecule has 2 heterocycles. The molecule has 0 aliphatic heterocycles. The molecular formula is C20H14FN5OS. The lowest BCUT2D eigenvalue weighted by Gasteiger charge is -2.13. The third kappa shape index (κ3) is 3.55. The number of halogens is 1. The fraction of sp³-hybridized carbons (Fsp3) is 0. The highest BCUT2D eigenvalue weighted by molar-refractivity contribution is 7.91. The number of anilines is 1. The number of rotatable bonds is 4. The van der Waals surface area contributed by atoms with Crippen molar-refractivity contribution in [2.45, 2.75) is 10.1 Å². The second-order valence-corrected chi connectivity index (χ2v) is 7.16. The molecule has 0 saturated carbocycles.